The second-order valence-electron chi connectivity index (χ2n) is 3.47. The van der Waals surface area contributed by atoms with E-state index in [1.165, 1.54) is 6.42 Å². The Morgan fingerprint density at radius 3 is 2.20 bits per heavy atom. The molecule has 0 saturated carbocycles. The van der Waals surface area contributed by atoms with Gasteiger partial charge in [0.2, 0.25) is 0 Å². The van der Waals surface area contributed by atoms with Gasteiger partial charge >= 0.3 is 0 Å². The van der Waals surface area contributed by atoms with Crippen LogP contribution in [0, 0.1) is 0 Å². The molecule has 0 aromatic rings. The monoisotopic (exact) mass is 232 g/mol. The van der Waals surface area contributed by atoms with Crippen LogP contribution in [0.4, 0.5) is 0 Å². The van der Waals surface area contributed by atoms with Crippen molar-refractivity contribution in [1.29, 1.82) is 0 Å². The summed E-state index contributed by atoms with van der Waals surface area (Å²) in [7, 11) is 2.74. The molecule has 0 rings (SSSR count). The Balaban J connectivity index is 3.71. The molecule has 0 heterocycles. The molecule has 0 amide bonds. The lowest BCUT2D eigenvalue weighted by Gasteiger charge is -2.14. The normalized spacial score (nSPS) is 11.7. The summed E-state index contributed by atoms with van der Waals surface area (Å²) in [6.07, 6.45) is 9.57. The molecule has 0 saturated heterocycles. The first-order valence-corrected chi connectivity index (χ1v) is 6.76. The molecular weight excluding hydrogens is 207 g/mol. The molecule has 0 aliphatic heterocycles. The van der Waals surface area contributed by atoms with E-state index in [0.29, 0.717) is 0 Å². The minimum Gasteiger partial charge on any atom is -0.349 e. The van der Waals surface area contributed by atoms with Gasteiger partial charge in [0.05, 0.1) is 0 Å². The SMILES string of the molecule is CCCOC(/C=C/CCCP)OCCC. The number of allylic oxidation sites excluding steroid dienone is 1. The third-order valence-electron chi connectivity index (χ3n) is 1.84. The summed E-state index contributed by atoms with van der Waals surface area (Å²) in [6, 6.07) is 0. The van der Waals surface area contributed by atoms with E-state index in [0.717, 1.165) is 38.6 Å². The summed E-state index contributed by atoms with van der Waals surface area (Å²) in [6.45, 7) is 5.74. The summed E-state index contributed by atoms with van der Waals surface area (Å²) in [4.78, 5) is 0. The van der Waals surface area contributed by atoms with Gasteiger partial charge in [-0.15, -0.1) is 9.24 Å². The van der Waals surface area contributed by atoms with Crippen molar-refractivity contribution in [2.45, 2.75) is 45.8 Å². The van der Waals surface area contributed by atoms with Crippen LogP contribution in [0.1, 0.15) is 39.5 Å². The maximum absolute atomic E-state index is 5.56. The Morgan fingerprint density at radius 2 is 1.73 bits per heavy atom. The van der Waals surface area contributed by atoms with Gasteiger partial charge in [-0.05, 0) is 37.9 Å². The highest BCUT2D eigenvalue weighted by atomic mass is 31.0. The van der Waals surface area contributed by atoms with Gasteiger partial charge < -0.3 is 9.47 Å². The van der Waals surface area contributed by atoms with E-state index in [1.54, 1.807) is 0 Å². The van der Waals surface area contributed by atoms with Crippen molar-refractivity contribution in [3.8, 4) is 0 Å². The van der Waals surface area contributed by atoms with Crippen molar-refractivity contribution in [2.75, 3.05) is 19.4 Å². The maximum atomic E-state index is 5.56. The van der Waals surface area contributed by atoms with Crippen LogP contribution in [0.5, 0.6) is 0 Å². The zero-order valence-corrected chi connectivity index (χ0v) is 11.2. The fourth-order valence-corrected chi connectivity index (χ4v) is 1.31. The zero-order valence-electron chi connectivity index (χ0n) is 10.1. The van der Waals surface area contributed by atoms with Crippen molar-refractivity contribution in [2.24, 2.45) is 0 Å². The predicted octanol–water partition coefficient (Wildman–Crippen LogP) is 3.38. The summed E-state index contributed by atoms with van der Waals surface area (Å²) in [5, 5.41) is 0. The smallest absolute Gasteiger partial charge is 0.176 e. The molecule has 0 N–H and O–H groups in total. The predicted molar refractivity (Wildman–Crippen MR) is 69.2 cm³/mol. The van der Waals surface area contributed by atoms with Gasteiger partial charge in [-0.1, -0.05) is 19.9 Å². The summed E-state index contributed by atoms with van der Waals surface area (Å²) >= 11 is 0. The Labute approximate surface area is 96.6 Å². The second kappa shape index (κ2) is 12.2. The molecule has 0 aromatic carbocycles. The van der Waals surface area contributed by atoms with Gasteiger partial charge in [-0.25, -0.2) is 0 Å². The van der Waals surface area contributed by atoms with Gasteiger partial charge in [0.1, 0.15) is 0 Å². The molecule has 90 valence electrons. The first kappa shape index (κ1) is 15.1. The Morgan fingerprint density at radius 1 is 1.13 bits per heavy atom. The molecule has 0 spiro atoms. The molecule has 0 aliphatic carbocycles. The van der Waals surface area contributed by atoms with Crippen molar-refractivity contribution in [1.82, 2.24) is 0 Å². The zero-order chi connectivity index (χ0) is 11.4. The Hall–Kier alpha value is 0.0900. The average molecular weight is 232 g/mol. The molecule has 2 nitrogen and oxygen atoms in total. The molecule has 1 atom stereocenters. The molecule has 0 aliphatic rings. The number of hydrogen-bond donors (Lipinski definition) is 0. The van der Waals surface area contributed by atoms with E-state index in [9.17, 15) is 0 Å². The molecule has 15 heavy (non-hydrogen) atoms. The summed E-state index contributed by atoms with van der Waals surface area (Å²) < 4.78 is 11.1. The Kier molecular flexibility index (Phi) is 12.2. The van der Waals surface area contributed by atoms with Crippen LogP contribution in [-0.4, -0.2) is 25.7 Å². The molecule has 1 unspecified atom stereocenters. The summed E-state index contributed by atoms with van der Waals surface area (Å²) in [5.41, 5.74) is 0. The lowest BCUT2D eigenvalue weighted by atomic mass is 10.3. The van der Waals surface area contributed by atoms with Gasteiger partial charge in [0.15, 0.2) is 6.29 Å². The van der Waals surface area contributed by atoms with Gasteiger partial charge in [-0.3, -0.25) is 0 Å². The van der Waals surface area contributed by atoms with Crippen molar-refractivity contribution >= 4 is 9.24 Å². The van der Waals surface area contributed by atoms with Crippen LogP contribution in [0.2, 0.25) is 0 Å². The van der Waals surface area contributed by atoms with Gasteiger partial charge in [0.25, 0.3) is 0 Å². The highest BCUT2D eigenvalue weighted by molar-refractivity contribution is 7.16. The minimum absolute atomic E-state index is 0.144. The van der Waals surface area contributed by atoms with Crippen LogP contribution in [-0.2, 0) is 9.47 Å². The van der Waals surface area contributed by atoms with Crippen LogP contribution >= 0.6 is 9.24 Å². The highest BCUT2D eigenvalue weighted by Gasteiger charge is 2.02. The van der Waals surface area contributed by atoms with E-state index < -0.39 is 0 Å². The quantitative estimate of drug-likeness (QED) is 0.249. The molecule has 0 radical (unpaired) electrons. The highest BCUT2D eigenvalue weighted by Crippen LogP contribution is 2.02. The van der Waals surface area contributed by atoms with Gasteiger partial charge in [-0.2, -0.15) is 0 Å². The lowest BCUT2D eigenvalue weighted by molar-refractivity contribution is -0.111. The fraction of sp³-hybridized carbons (Fsp3) is 0.833. The van der Waals surface area contributed by atoms with Crippen LogP contribution < -0.4 is 0 Å². The standard InChI is InChI=1S/C12H25O2P/c1-3-9-13-12(14-10-4-2)8-6-5-7-11-15/h6,8,12H,3-5,7,9-11,15H2,1-2H3/b8-6+. The molecule has 0 bridgehead atoms. The third kappa shape index (κ3) is 10.4. The van der Waals surface area contributed by atoms with Crippen molar-refractivity contribution < 1.29 is 9.47 Å². The van der Waals surface area contributed by atoms with E-state index in [-0.39, 0.29) is 6.29 Å². The van der Waals surface area contributed by atoms with E-state index in [2.05, 4.69) is 29.2 Å². The average Bonchev–Trinajstić information content (AvgIpc) is 2.27. The van der Waals surface area contributed by atoms with E-state index >= 15 is 0 Å². The van der Waals surface area contributed by atoms with Crippen LogP contribution in [0.15, 0.2) is 12.2 Å². The molecule has 3 heteroatoms. The lowest BCUT2D eigenvalue weighted by Crippen LogP contribution is -2.15. The number of ether oxygens (including phenoxy) is 2. The number of rotatable bonds is 10. The van der Waals surface area contributed by atoms with Crippen molar-refractivity contribution in [3.05, 3.63) is 12.2 Å². The fourth-order valence-electron chi connectivity index (χ4n) is 1.07. The van der Waals surface area contributed by atoms with Crippen LogP contribution in [0.25, 0.3) is 0 Å². The van der Waals surface area contributed by atoms with E-state index in [4.69, 9.17) is 9.47 Å². The largest absolute Gasteiger partial charge is 0.349 e. The second-order valence-corrected chi connectivity index (χ2v) is 4.05. The van der Waals surface area contributed by atoms with Crippen molar-refractivity contribution in [3.63, 3.8) is 0 Å². The molecular formula is C12H25O2P. The van der Waals surface area contributed by atoms with E-state index in [1.807, 2.05) is 6.08 Å². The third-order valence-corrected chi connectivity index (χ3v) is 2.25. The number of hydrogen-bond acceptors (Lipinski definition) is 2. The first-order valence-electron chi connectivity index (χ1n) is 5.95. The Bertz CT molecular complexity index is 141. The molecule has 0 aromatic heterocycles. The minimum atomic E-state index is -0.144. The number of unbranched alkanes of at least 4 members (excludes halogenated alkanes) is 1. The maximum Gasteiger partial charge on any atom is 0.176 e. The topological polar surface area (TPSA) is 18.5 Å². The van der Waals surface area contributed by atoms with Crippen LogP contribution in [0.3, 0.4) is 0 Å². The first-order chi connectivity index (χ1) is 7.35. The summed E-state index contributed by atoms with van der Waals surface area (Å²) in [5.74, 6) is 0. The molecule has 0 fully saturated rings. The van der Waals surface area contributed by atoms with Gasteiger partial charge in [0, 0.05) is 13.2 Å².